The molecule has 2 saturated heterocycles. The zero-order valence-corrected chi connectivity index (χ0v) is 21.1. The van der Waals surface area contributed by atoms with E-state index in [0.29, 0.717) is 62.4 Å². The summed E-state index contributed by atoms with van der Waals surface area (Å²) in [5.74, 6) is -0.211. The fourth-order valence-corrected chi connectivity index (χ4v) is 5.26. The van der Waals surface area contributed by atoms with Crippen LogP contribution in [0.2, 0.25) is 5.02 Å². The van der Waals surface area contributed by atoms with E-state index in [-0.39, 0.29) is 23.8 Å². The van der Waals surface area contributed by atoms with Gasteiger partial charge in [-0.15, -0.1) is 0 Å². The van der Waals surface area contributed by atoms with E-state index in [9.17, 15) is 14.4 Å². The number of rotatable bonds is 8. The number of likely N-dealkylation sites (N-methyl/N-ethyl adjacent to an activating group) is 1. The van der Waals surface area contributed by atoms with Crippen LogP contribution in [-0.2, 0) is 11.2 Å². The molecule has 186 valence electrons. The molecule has 4 amide bonds. The molecule has 0 bridgehead atoms. The Hall–Kier alpha value is -2.90. The third-order valence-electron chi connectivity index (χ3n) is 7.19. The van der Waals surface area contributed by atoms with Crippen molar-refractivity contribution in [2.75, 3.05) is 40.3 Å². The average Bonchev–Trinajstić information content (AvgIpc) is 3.11. The van der Waals surface area contributed by atoms with Gasteiger partial charge in [-0.2, -0.15) is 0 Å². The van der Waals surface area contributed by atoms with Gasteiger partial charge >= 0.3 is 6.03 Å². The summed E-state index contributed by atoms with van der Waals surface area (Å²) in [5.41, 5.74) is 0.789. The number of hydrogen-bond acceptors (Lipinski definition) is 4. The smallest absolute Gasteiger partial charge is 0.325 e. The molecule has 1 N–H and O–H groups in total. The third-order valence-corrected chi connectivity index (χ3v) is 7.45. The highest BCUT2D eigenvalue weighted by atomic mass is 35.5. The van der Waals surface area contributed by atoms with Crippen molar-refractivity contribution in [2.45, 2.75) is 31.2 Å². The molecule has 0 aliphatic carbocycles. The molecule has 0 aromatic heterocycles. The first-order valence-corrected chi connectivity index (χ1v) is 12.6. The molecule has 1 atom stereocenters. The maximum absolute atomic E-state index is 13.8. The molecule has 0 spiro atoms. The molecule has 0 radical (unpaired) electrons. The van der Waals surface area contributed by atoms with E-state index in [1.165, 1.54) is 4.90 Å². The summed E-state index contributed by atoms with van der Waals surface area (Å²) in [6.07, 6.45) is 2.54. The van der Waals surface area contributed by atoms with Gasteiger partial charge in [0.15, 0.2) is 0 Å². The maximum atomic E-state index is 13.8. The summed E-state index contributed by atoms with van der Waals surface area (Å²) < 4.78 is 0. The molecule has 1 unspecified atom stereocenters. The number of urea groups is 1. The van der Waals surface area contributed by atoms with Gasteiger partial charge in [0.05, 0.1) is 0 Å². The zero-order valence-electron chi connectivity index (χ0n) is 20.4. The van der Waals surface area contributed by atoms with Crippen LogP contribution in [0.5, 0.6) is 0 Å². The quantitative estimate of drug-likeness (QED) is 0.566. The summed E-state index contributed by atoms with van der Waals surface area (Å²) in [6.45, 7) is 2.06. The lowest BCUT2D eigenvalue weighted by Gasteiger charge is -2.41. The zero-order chi connectivity index (χ0) is 25.0. The minimum Gasteiger partial charge on any atom is -0.339 e. The van der Waals surface area contributed by atoms with E-state index in [1.807, 2.05) is 54.2 Å². The number of imide groups is 1. The molecule has 2 fully saturated rings. The highest BCUT2D eigenvalue weighted by Crippen LogP contribution is 2.37. The van der Waals surface area contributed by atoms with Gasteiger partial charge in [0.25, 0.3) is 11.8 Å². The lowest BCUT2D eigenvalue weighted by molar-refractivity contribution is -0.134. The van der Waals surface area contributed by atoms with Crippen LogP contribution in [0.4, 0.5) is 4.79 Å². The Morgan fingerprint density at radius 1 is 1.06 bits per heavy atom. The molecule has 2 aromatic rings. The van der Waals surface area contributed by atoms with E-state index >= 15 is 0 Å². The summed E-state index contributed by atoms with van der Waals surface area (Å²) >= 11 is 5.96. The van der Waals surface area contributed by atoms with Crippen molar-refractivity contribution >= 4 is 29.4 Å². The van der Waals surface area contributed by atoms with Crippen molar-refractivity contribution in [1.82, 2.24) is 20.0 Å². The van der Waals surface area contributed by atoms with Crippen molar-refractivity contribution in [3.05, 3.63) is 70.7 Å². The van der Waals surface area contributed by atoms with Crippen molar-refractivity contribution in [3.63, 3.8) is 0 Å². The number of carbonyl (C=O) groups is 3. The van der Waals surface area contributed by atoms with E-state index in [2.05, 4.69) is 5.32 Å². The molecular weight excluding hydrogens is 464 g/mol. The van der Waals surface area contributed by atoms with Crippen LogP contribution in [-0.4, -0.2) is 78.4 Å². The molecular formula is C27H33ClN4O3. The molecule has 7 nitrogen and oxygen atoms in total. The monoisotopic (exact) mass is 496 g/mol. The fourth-order valence-electron chi connectivity index (χ4n) is 5.13. The van der Waals surface area contributed by atoms with Gasteiger partial charge in [0.2, 0.25) is 0 Å². The third kappa shape index (κ3) is 5.52. The van der Waals surface area contributed by atoms with Crippen molar-refractivity contribution in [2.24, 2.45) is 5.92 Å². The highest BCUT2D eigenvalue weighted by molar-refractivity contribution is 6.30. The number of likely N-dealkylation sites (tertiary alicyclic amines) is 1. The van der Waals surface area contributed by atoms with Crippen LogP contribution in [0.15, 0.2) is 54.6 Å². The largest absolute Gasteiger partial charge is 0.339 e. The van der Waals surface area contributed by atoms with Crippen molar-refractivity contribution < 1.29 is 14.4 Å². The standard InChI is InChI=1S/C27H33ClN4O3/c1-30(2)18-19-32-25(34)27(29-26(32)35,15-12-20-6-4-3-5-7-20)22-13-16-31(17-14-22)24(33)21-8-10-23(28)11-9-21/h3-11,22H,12-19H2,1-2H3,(H,29,35). The number of piperidine rings is 1. The van der Waals surface area contributed by atoms with E-state index in [1.54, 1.807) is 24.3 Å². The molecule has 2 heterocycles. The van der Waals surface area contributed by atoms with Crippen molar-refractivity contribution in [1.29, 1.82) is 0 Å². The SMILES string of the molecule is CN(C)CCN1C(=O)NC(CCc2ccccc2)(C2CCN(C(=O)c3ccc(Cl)cc3)CC2)C1=O. The number of nitrogens with zero attached hydrogens (tertiary/aromatic N) is 3. The summed E-state index contributed by atoms with van der Waals surface area (Å²) in [7, 11) is 3.85. The van der Waals surface area contributed by atoms with Gasteiger partial charge in [-0.3, -0.25) is 14.5 Å². The second kappa shape index (κ2) is 10.8. The summed E-state index contributed by atoms with van der Waals surface area (Å²) in [4.78, 5) is 44.9. The van der Waals surface area contributed by atoms with Gasteiger partial charge in [0.1, 0.15) is 5.54 Å². The fraction of sp³-hybridized carbons (Fsp3) is 0.444. The summed E-state index contributed by atoms with van der Waals surface area (Å²) in [6, 6.07) is 16.6. The van der Waals surface area contributed by atoms with Gasteiger partial charge < -0.3 is 15.1 Å². The molecule has 2 aliphatic heterocycles. The van der Waals surface area contributed by atoms with Crippen LogP contribution in [0.1, 0.15) is 35.2 Å². The normalized spacial score (nSPS) is 21.0. The Balaban J connectivity index is 1.51. The minimum absolute atomic E-state index is 0.0344. The Kier molecular flexibility index (Phi) is 7.77. The van der Waals surface area contributed by atoms with Gasteiger partial charge in [-0.05, 0) is 75.5 Å². The van der Waals surface area contributed by atoms with Gasteiger partial charge in [-0.25, -0.2) is 4.79 Å². The summed E-state index contributed by atoms with van der Waals surface area (Å²) in [5, 5.41) is 3.71. The van der Waals surface area contributed by atoms with Crippen LogP contribution < -0.4 is 5.32 Å². The molecule has 2 aliphatic rings. The van der Waals surface area contributed by atoms with E-state index in [0.717, 1.165) is 5.56 Å². The number of carbonyl (C=O) groups excluding carboxylic acids is 3. The molecule has 8 heteroatoms. The van der Waals surface area contributed by atoms with Crippen molar-refractivity contribution in [3.8, 4) is 0 Å². The predicted molar refractivity (Wildman–Crippen MR) is 136 cm³/mol. The molecule has 0 saturated carbocycles. The lowest BCUT2D eigenvalue weighted by atomic mass is 9.74. The first-order valence-electron chi connectivity index (χ1n) is 12.2. The minimum atomic E-state index is -0.950. The van der Waals surface area contributed by atoms with Gasteiger partial charge in [0, 0.05) is 36.8 Å². The van der Waals surface area contributed by atoms with Crippen LogP contribution >= 0.6 is 11.6 Å². The number of aryl methyl sites for hydroxylation is 1. The van der Waals surface area contributed by atoms with Crippen LogP contribution in [0.25, 0.3) is 0 Å². The number of hydrogen-bond donors (Lipinski definition) is 1. The van der Waals surface area contributed by atoms with Gasteiger partial charge in [-0.1, -0.05) is 41.9 Å². The maximum Gasteiger partial charge on any atom is 0.325 e. The average molecular weight is 497 g/mol. The lowest BCUT2D eigenvalue weighted by Crippen LogP contribution is -2.57. The number of amides is 4. The van der Waals surface area contributed by atoms with E-state index < -0.39 is 5.54 Å². The first kappa shape index (κ1) is 25.2. The highest BCUT2D eigenvalue weighted by Gasteiger charge is 2.55. The second-order valence-electron chi connectivity index (χ2n) is 9.72. The Labute approximate surface area is 212 Å². The first-order chi connectivity index (χ1) is 16.8. The second-order valence-corrected chi connectivity index (χ2v) is 10.2. The Morgan fingerprint density at radius 3 is 2.34 bits per heavy atom. The Bertz CT molecular complexity index is 1050. The van der Waals surface area contributed by atoms with Crippen LogP contribution in [0.3, 0.4) is 0 Å². The number of nitrogens with one attached hydrogen (secondary N) is 1. The number of halogens is 1. The molecule has 2 aromatic carbocycles. The van der Waals surface area contributed by atoms with Crippen LogP contribution in [0, 0.1) is 5.92 Å². The molecule has 4 rings (SSSR count). The number of benzene rings is 2. The topological polar surface area (TPSA) is 73.0 Å². The predicted octanol–water partition coefficient (Wildman–Crippen LogP) is 3.68. The Morgan fingerprint density at radius 2 is 1.71 bits per heavy atom. The van der Waals surface area contributed by atoms with E-state index in [4.69, 9.17) is 11.6 Å². The molecule has 35 heavy (non-hydrogen) atoms.